The zero-order valence-corrected chi connectivity index (χ0v) is 14.3. The van der Waals surface area contributed by atoms with Crippen LogP contribution in [0.2, 0.25) is 0 Å². The maximum atomic E-state index is 3.72. The third-order valence-electron chi connectivity index (χ3n) is 4.13. The largest absolute Gasteiger partial charge is 0.313 e. The van der Waals surface area contributed by atoms with Gasteiger partial charge in [0.2, 0.25) is 0 Å². The molecule has 0 aliphatic carbocycles. The molecular formula is C19H33N. The van der Waals surface area contributed by atoms with Crippen LogP contribution in [0.1, 0.15) is 63.6 Å². The second-order valence-corrected chi connectivity index (χ2v) is 7.19. The number of hydrogen-bond acceptors (Lipinski definition) is 1. The second-order valence-electron chi connectivity index (χ2n) is 7.19. The van der Waals surface area contributed by atoms with Crippen molar-refractivity contribution >= 4 is 0 Å². The summed E-state index contributed by atoms with van der Waals surface area (Å²) in [6, 6.07) is 7.43. The van der Waals surface area contributed by atoms with Crippen LogP contribution in [0.25, 0.3) is 0 Å². The van der Waals surface area contributed by atoms with Crippen LogP contribution in [0.5, 0.6) is 0 Å². The van der Waals surface area contributed by atoms with E-state index in [9.17, 15) is 0 Å². The van der Waals surface area contributed by atoms with Crippen molar-refractivity contribution in [1.29, 1.82) is 0 Å². The van der Waals surface area contributed by atoms with Gasteiger partial charge in [-0.2, -0.15) is 0 Å². The van der Waals surface area contributed by atoms with Gasteiger partial charge >= 0.3 is 0 Å². The van der Waals surface area contributed by atoms with Gasteiger partial charge in [-0.05, 0) is 62.6 Å². The fourth-order valence-corrected chi connectivity index (χ4v) is 2.73. The lowest BCUT2D eigenvalue weighted by atomic mass is 9.83. The third kappa shape index (κ3) is 5.66. The lowest BCUT2D eigenvalue weighted by Crippen LogP contribution is -2.40. The van der Waals surface area contributed by atoms with E-state index in [0.717, 1.165) is 6.54 Å². The molecule has 20 heavy (non-hydrogen) atoms. The van der Waals surface area contributed by atoms with Crippen molar-refractivity contribution in [3.05, 3.63) is 34.9 Å². The summed E-state index contributed by atoms with van der Waals surface area (Å²) in [6.45, 7) is 14.8. The Morgan fingerprint density at radius 3 is 2.45 bits per heavy atom. The van der Waals surface area contributed by atoms with Crippen molar-refractivity contribution in [1.82, 2.24) is 5.32 Å². The molecular weight excluding hydrogens is 242 g/mol. The SMILES string of the molecule is CCCNC(CCCc1cc(C)ccc1C)C(C)(C)C. The third-order valence-corrected chi connectivity index (χ3v) is 4.13. The zero-order valence-electron chi connectivity index (χ0n) is 14.3. The van der Waals surface area contributed by atoms with Gasteiger partial charge in [-0.3, -0.25) is 0 Å². The first-order valence-corrected chi connectivity index (χ1v) is 8.14. The highest BCUT2D eigenvalue weighted by Gasteiger charge is 2.23. The van der Waals surface area contributed by atoms with E-state index >= 15 is 0 Å². The number of rotatable bonds is 7. The minimum Gasteiger partial charge on any atom is -0.313 e. The van der Waals surface area contributed by atoms with E-state index in [1.54, 1.807) is 0 Å². The van der Waals surface area contributed by atoms with Gasteiger partial charge in [0.15, 0.2) is 0 Å². The molecule has 0 aliphatic rings. The maximum Gasteiger partial charge on any atom is 0.0116 e. The van der Waals surface area contributed by atoms with E-state index in [-0.39, 0.29) is 0 Å². The summed E-state index contributed by atoms with van der Waals surface area (Å²) >= 11 is 0. The summed E-state index contributed by atoms with van der Waals surface area (Å²) in [5.74, 6) is 0. The Hall–Kier alpha value is -0.820. The van der Waals surface area contributed by atoms with Crippen LogP contribution in [0.15, 0.2) is 18.2 Å². The smallest absolute Gasteiger partial charge is 0.0116 e. The summed E-state index contributed by atoms with van der Waals surface area (Å²) in [4.78, 5) is 0. The first-order chi connectivity index (χ1) is 9.34. The Morgan fingerprint density at radius 1 is 1.15 bits per heavy atom. The summed E-state index contributed by atoms with van der Waals surface area (Å²) in [5, 5.41) is 3.72. The first kappa shape index (κ1) is 17.2. The molecule has 0 bridgehead atoms. The molecule has 1 rings (SSSR count). The van der Waals surface area contributed by atoms with Crippen molar-refractivity contribution in [3.8, 4) is 0 Å². The molecule has 1 atom stereocenters. The average molecular weight is 275 g/mol. The van der Waals surface area contributed by atoms with Gasteiger partial charge in [0.25, 0.3) is 0 Å². The number of benzene rings is 1. The number of nitrogens with one attached hydrogen (secondary N) is 1. The second kappa shape index (κ2) is 7.83. The number of hydrogen-bond donors (Lipinski definition) is 1. The fraction of sp³-hybridized carbons (Fsp3) is 0.684. The van der Waals surface area contributed by atoms with E-state index < -0.39 is 0 Å². The molecule has 0 aromatic heterocycles. The monoisotopic (exact) mass is 275 g/mol. The minimum atomic E-state index is 0.344. The Kier molecular flexibility index (Phi) is 6.75. The van der Waals surface area contributed by atoms with Gasteiger partial charge in [0.1, 0.15) is 0 Å². The number of aryl methyl sites for hydroxylation is 3. The van der Waals surface area contributed by atoms with E-state index in [1.165, 1.54) is 42.4 Å². The minimum absolute atomic E-state index is 0.344. The van der Waals surface area contributed by atoms with Gasteiger partial charge in [0, 0.05) is 6.04 Å². The zero-order chi connectivity index (χ0) is 15.2. The molecule has 114 valence electrons. The normalized spacial score (nSPS) is 13.5. The summed E-state index contributed by atoms with van der Waals surface area (Å²) in [5.41, 5.74) is 4.68. The van der Waals surface area contributed by atoms with Crippen molar-refractivity contribution in [2.75, 3.05) is 6.54 Å². The van der Waals surface area contributed by atoms with Gasteiger partial charge in [0.05, 0.1) is 0 Å². The van der Waals surface area contributed by atoms with Crippen LogP contribution in [0, 0.1) is 19.3 Å². The molecule has 1 aromatic carbocycles. The molecule has 0 fully saturated rings. The molecule has 0 amide bonds. The van der Waals surface area contributed by atoms with Crippen LogP contribution in [0.4, 0.5) is 0 Å². The predicted molar refractivity (Wildman–Crippen MR) is 90.4 cm³/mol. The van der Waals surface area contributed by atoms with Gasteiger partial charge in [-0.1, -0.05) is 51.5 Å². The quantitative estimate of drug-likeness (QED) is 0.735. The lowest BCUT2D eigenvalue weighted by molar-refractivity contribution is 0.251. The van der Waals surface area contributed by atoms with Crippen molar-refractivity contribution < 1.29 is 0 Å². The van der Waals surface area contributed by atoms with Crippen LogP contribution < -0.4 is 5.32 Å². The molecule has 0 spiro atoms. The maximum absolute atomic E-state index is 3.72. The predicted octanol–water partition coefficient (Wildman–Crippen LogP) is 5.04. The topological polar surface area (TPSA) is 12.0 Å². The molecule has 1 nitrogen and oxygen atoms in total. The highest BCUT2D eigenvalue weighted by atomic mass is 14.9. The van der Waals surface area contributed by atoms with E-state index in [4.69, 9.17) is 0 Å². The molecule has 0 saturated carbocycles. The summed E-state index contributed by atoms with van der Waals surface area (Å²) in [7, 11) is 0. The van der Waals surface area contributed by atoms with Crippen molar-refractivity contribution in [3.63, 3.8) is 0 Å². The average Bonchev–Trinajstić information content (AvgIpc) is 2.36. The Morgan fingerprint density at radius 2 is 1.85 bits per heavy atom. The van der Waals surface area contributed by atoms with Crippen LogP contribution in [-0.4, -0.2) is 12.6 Å². The molecule has 1 aromatic rings. The first-order valence-electron chi connectivity index (χ1n) is 8.14. The summed E-state index contributed by atoms with van der Waals surface area (Å²) < 4.78 is 0. The Labute approximate surface area is 126 Å². The molecule has 0 radical (unpaired) electrons. The Balaban J connectivity index is 2.53. The van der Waals surface area contributed by atoms with Crippen molar-refractivity contribution in [2.45, 2.75) is 73.3 Å². The molecule has 0 aliphatic heterocycles. The van der Waals surface area contributed by atoms with E-state index in [0.29, 0.717) is 11.5 Å². The van der Waals surface area contributed by atoms with Gasteiger partial charge in [-0.25, -0.2) is 0 Å². The molecule has 1 unspecified atom stereocenters. The van der Waals surface area contributed by atoms with E-state index in [2.05, 4.69) is 65.1 Å². The van der Waals surface area contributed by atoms with Crippen molar-refractivity contribution in [2.24, 2.45) is 5.41 Å². The van der Waals surface area contributed by atoms with Crippen LogP contribution >= 0.6 is 0 Å². The van der Waals surface area contributed by atoms with E-state index in [1.807, 2.05) is 0 Å². The molecule has 1 N–H and O–H groups in total. The molecule has 0 saturated heterocycles. The highest BCUT2D eigenvalue weighted by Crippen LogP contribution is 2.24. The van der Waals surface area contributed by atoms with Gasteiger partial charge < -0.3 is 5.32 Å². The fourth-order valence-electron chi connectivity index (χ4n) is 2.73. The standard InChI is InChI=1S/C19H33N/c1-7-13-20-18(19(4,5)6)10-8-9-17-14-15(2)11-12-16(17)3/h11-12,14,18,20H,7-10,13H2,1-6H3. The van der Waals surface area contributed by atoms with Crippen LogP contribution in [-0.2, 0) is 6.42 Å². The molecule has 1 heteroatoms. The molecule has 0 heterocycles. The van der Waals surface area contributed by atoms with Crippen LogP contribution in [0.3, 0.4) is 0 Å². The highest BCUT2D eigenvalue weighted by molar-refractivity contribution is 5.30. The van der Waals surface area contributed by atoms with Gasteiger partial charge in [-0.15, -0.1) is 0 Å². The lowest BCUT2D eigenvalue weighted by Gasteiger charge is -2.32. The Bertz CT molecular complexity index is 401. The summed E-state index contributed by atoms with van der Waals surface area (Å²) in [6.07, 6.45) is 4.94.